The van der Waals surface area contributed by atoms with Gasteiger partial charge in [0, 0.05) is 18.7 Å². The Balaban J connectivity index is 2.81. The molecule has 96 valence electrons. The topological polar surface area (TPSA) is 55.1 Å². The molecule has 0 radical (unpaired) electrons. The summed E-state index contributed by atoms with van der Waals surface area (Å²) in [5.41, 5.74) is 0.145. The van der Waals surface area contributed by atoms with Gasteiger partial charge in [0.2, 0.25) is 0 Å². The van der Waals surface area contributed by atoms with Gasteiger partial charge in [-0.05, 0) is 32.8 Å². The molecule has 0 bridgehead atoms. The lowest BCUT2D eigenvalue weighted by atomic mass is 9.83. The summed E-state index contributed by atoms with van der Waals surface area (Å²) in [5.74, 6) is -0.752. The average molecular weight is 238 g/mol. The maximum atomic E-state index is 11.2. The van der Waals surface area contributed by atoms with E-state index in [1.165, 1.54) is 0 Å². The van der Waals surface area contributed by atoms with Crippen LogP contribution in [0.2, 0.25) is 0 Å². The standard InChI is InChI=1S/C13H22N2O2/c1-5-10(3)15-8-7-11(14-15)9-13(4,6-2)12(16)17/h7-8,10H,5-6,9H2,1-4H3,(H,16,17). The minimum atomic E-state index is -0.752. The van der Waals surface area contributed by atoms with Crippen LogP contribution < -0.4 is 0 Å². The molecule has 2 atom stereocenters. The maximum Gasteiger partial charge on any atom is 0.309 e. The molecule has 0 aromatic carbocycles. The lowest BCUT2D eigenvalue weighted by Crippen LogP contribution is -2.29. The zero-order valence-electron chi connectivity index (χ0n) is 11.1. The molecule has 1 aromatic rings. The van der Waals surface area contributed by atoms with Crippen LogP contribution in [-0.2, 0) is 11.2 Å². The van der Waals surface area contributed by atoms with E-state index in [9.17, 15) is 9.90 Å². The molecular formula is C13H22N2O2. The number of carboxylic acid groups (broad SMARTS) is 1. The summed E-state index contributed by atoms with van der Waals surface area (Å²) >= 11 is 0. The number of rotatable bonds is 6. The highest BCUT2D eigenvalue weighted by Crippen LogP contribution is 2.26. The molecule has 0 aliphatic rings. The van der Waals surface area contributed by atoms with Gasteiger partial charge >= 0.3 is 5.97 Å². The largest absolute Gasteiger partial charge is 0.481 e. The molecule has 0 aliphatic heterocycles. The van der Waals surface area contributed by atoms with Gasteiger partial charge in [-0.3, -0.25) is 9.48 Å². The fourth-order valence-electron chi connectivity index (χ4n) is 1.66. The van der Waals surface area contributed by atoms with Crippen molar-refractivity contribution in [2.24, 2.45) is 5.41 Å². The third kappa shape index (κ3) is 3.08. The quantitative estimate of drug-likeness (QED) is 0.829. The van der Waals surface area contributed by atoms with Gasteiger partial charge in [-0.2, -0.15) is 5.10 Å². The van der Waals surface area contributed by atoms with E-state index in [2.05, 4.69) is 18.9 Å². The van der Waals surface area contributed by atoms with Crippen LogP contribution in [0.4, 0.5) is 0 Å². The number of nitrogens with zero attached hydrogens (tertiary/aromatic N) is 2. The van der Waals surface area contributed by atoms with Crippen LogP contribution >= 0.6 is 0 Å². The van der Waals surface area contributed by atoms with Gasteiger partial charge in [0.15, 0.2) is 0 Å². The van der Waals surface area contributed by atoms with Crippen LogP contribution in [0.25, 0.3) is 0 Å². The predicted octanol–water partition coefficient (Wildman–Crippen LogP) is 2.90. The molecule has 2 unspecified atom stereocenters. The number of aromatic nitrogens is 2. The Morgan fingerprint density at radius 3 is 2.71 bits per heavy atom. The molecule has 4 nitrogen and oxygen atoms in total. The minimum Gasteiger partial charge on any atom is -0.481 e. The van der Waals surface area contributed by atoms with E-state index in [0.29, 0.717) is 18.9 Å². The van der Waals surface area contributed by atoms with Crippen LogP contribution in [0.5, 0.6) is 0 Å². The van der Waals surface area contributed by atoms with Crippen LogP contribution in [-0.4, -0.2) is 20.9 Å². The van der Waals surface area contributed by atoms with Crippen molar-refractivity contribution in [2.75, 3.05) is 0 Å². The monoisotopic (exact) mass is 238 g/mol. The summed E-state index contributed by atoms with van der Waals surface area (Å²) in [6.45, 7) is 7.89. The van der Waals surface area contributed by atoms with Gasteiger partial charge in [0.05, 0.1) is 11.1 Å². The SMILES string of the molecule is CCC(C)n1ccc(CC(C)(CC)C(=O)O)n1. The molecule has 1 heterocycles. The third-order valence-corrected chi connectivity index (χ3v) is 3.57. The number of carbonyl (C=O) groups is 1. The first-order valence-electron chi connectivity index (χ1n) is 6.20. The Morgan fingerprint density at radius 2 is 2.24 bits per heavy atom. The van der Waals surface area contributed by atoms with Crippen LogP contribution in [0, 0.1) is 5.41 Å². The number of hydrogen-bond acceptors (Lipinski definition) is 2. The molecule has 17 heavy (non-hydrogen) atoms. The molecule has 1 rings (SSSR count). The number of aliphatic carboxylic acids is 1. The number of carboxylic acids is 1. The first-order valence-corrected chi connectivity index (χ1v) is 6.20. The van der Waals surface area contributed by atoms with Crippen molar-refractivity contribution < 1.29 is 9.90 Å². The fraction of sp³-hybridized carbons (Fsp3) is 0.692. The average Bonchev–Trinajstić information content (AvgIpc) is 2.75. The lowest BCUT2D eigenvalue weighted by Gasteiger charge is -2.21. The summed E-state index contributed by atoms with van der Waals surface area (Å²) in [6, 6.07) is 2.28. The zero-order valence-corrected chi connectivity index (χ0v) is 11.1. The Hall–Kier alpha value is -1.32. The van der Waals surface area contributed by atoms with Crippen LogP contribution in [0.3, 0.4) is 0 Å². The molecule has 0 saturated carbocycles. The van der Waals surface area contributed by atoms with E-state index in [4.69, 9.17) is 0 Å². The van der Waals surface area contributed by atoms with E-state index >= 15 is 0 Å². The first-order chi connectivity index (χ1) is 7.92. The summed E-state index contributed by atoms with van der Waals surface area (Å²) in [6.07, 6.45) is 4.05. The van der Waals surface area contributed by atoms with Gasteiger partial charge in [0.1, 0.15) is 0 Å². The lowest BCUT2D eigenvalue weighted by molar-refractivity contribution is -0.148. The molecule has 4 heteroatoms. The molecule has 0 aliphatic carbocycles. The van der Waals surface area contributed by atoms with Crippen molar-refractivity contribution in [2.45, 2.75) is 53.0 Å². The summed E-state index contributed by atoms with van der Waals surface area (Å²) in [7, 11) is 0. The van der Waals surface area contributed by atoms with Crippen molar-refractivity contribution in [3.8, 4) is 0 Å². The minimum absolute atomic E-state index is 0.362. The van der Waals surface area contributed by atoms with Gasteiger partial charge in [0.25, 0.3) is 0 Å². The van der Waals surface area contributed by atoms with E-state index in [0.717, 1.165) is 12.1 Å². The Bertz CT molecular complexity index is 387. The Kier molecular flexibility index (Phi) is 4.32. The van der Waals surface area contributed by atoms with E-state index in [-0.39, 0.29) is 0 Å². The predicted molar refractivity (Wildman–Crippen MR) is 67.0 cm³/mol. The summed E-state index contributed by atoms with van der Waals surface area (Å²) in [5, 5.41) is 13.7. The molecule has 0 saturated heterocycles. The van der Waals surface area contributed by atoms with Crippen molar-refractivity contribution in [1.82, 2.24) is 9.78 Å². The highest BCUT2D eigenvalue weighted by Gasteiger charge is 2.32. The second-order valence-electron chi connectivity index (χ2n) is 4.94. The highest BCUT2D eigenvalue weighted by atomic mass is 16.4. The van der Waals surface area contributed by atoms with E-state index < -0.39 is 11.4 Å². The van der Waals surface area contributed by atoms with Gasteiger partial charge < -0.3 is 5.11 Å². The van der Waals surface area contributed by atoms with Crippen molar-refractivity contribution in [3.63, 3.8) is 0 Å². The smallest absolute Gasteiger partial charge is 0.309 e. The normalized spacial score (nSPS) is 16.5. The molecule has 0 fully saturated rings. The van der Waals surface area contributed by atoms with Gasteiger partial charge in [-0.15, -0.1) is 0 Å². The summed E-state index contributed by atoms with van der Waals surface area (Å²) in [4.78, 5) is 11.2. The van der Waals surface area contributed by atoms with Crippen LogP contribution in [0.15, 0.2) is 12.3 Å². The Morgan fingerprint density at radius 1 is 1.59 bits per heavy atom. The summed E-state index contributed by atoms with van der Waals surface area (Å²) < 4.78 is 1.91. The van der Waals surface area contributed by atoms with E-state index in [1.54, 1.807) is 6.92 Å². The number of hydrogen-bond donors (Lipinski definition) is 1. The molecule has 0 amide bonds. The zero-order chi connectivity index (χ0) is 13.1. The molecule has 0 spiro atoms. The van der Waals surface area contributed by atoms with E-state index in [1.807, 2.05) is 23.9 Å². The highest BCUT2D eigenvalue weighted by molar-refractivity contribution is 5.74. The molecule has 1 aromatic heterocycles. The second-order valence-corrected chi connectivity index (χ2v) is 4.94. The fourth-order valence-corrected chi connectivity index (χ4v) is 1.66. The first kappa shape index (κ1) is 13.7. The van der Waals surface area contributed by atoms with Crippen LogP contribution in [0.1, 0.15) is 52.3 Å². The van der Waals surface area contributed by atoms with Crippen molar-refractivity contribution >= 4 is 5.97 Å². The van der Waals surface area contributed by atoms with Gasteiger partial charge in [-0.1, -0.05) is 13.8 Å². The van der Waals surface area contributed by atoms with Gasteiger partial charge in [-0.25, -0.2) is 0 Å². The Labute approximate surface area is 103 Å². The van der Waals surface area contributed by atoms with Crippen molar-refractivity contribution in [3.05, 3.63) is 18.0 Å². The second kappa shape index (κ2) is 5.34. The third-order valence-electron chi connectivity index (χ3n) is 3.57. The van der Waals surface area contributed by atoms with Crippen molar-refractivity contribution in [1.29, 1.82) is 0 Å². The maximum absolute atomic E-state index is 11.2. The molecule has 1 N–H and O–H groups in total. The molecular weight excluding hydrogens is 216 g/mol.